The van der Waals surface area contributed by atoms with E-state index in [4.69, 9.17) is 4.74 Å². The number of ketones is 1. The molecule has 128 valence electrons. The van der Waals surface area contributed by atoms with Crippen LogP contribution in [0.3, 0.4) is 0 Å². The summed E-state index contributed by atoms with van der Waals surface area (Å²) in [6, 6.07) is 6.49. The van der Waals surface area contributed by atoms with Gasteiger partial charge in [-0.1, -0.05) is 51.5 Å². The van der Waals surface area contributed by atoms with E-state index in [0.717, 1.165) is 24.2 Å². The van der Waals surface area contributed by atoms with Gasteiger partial charge in [0.1, 0.15) is 5.75 Å². The van der Waals surface area contributed by atoms with Gasteiger partial charge >= 0.3 is 0 Å². The molecule has 2 heteroatoms. The lowest BCUT2D eigenvalue weighted by Crippen LogP contribution is -2.53. The van der Waals surface area contributed by atoms with E-state index in [2.05, 4.69) is 58.0 Å². The zero-order valence-corrected chi connectivity index (χ0v) is 15.5. The Kier molecular flexibility index (Phi) is 3.15. The van der Waals surface area contributed by atoms with E-state index in [1.165, 1.54) is 12.0 Å². The maximum absolute atomic E-state index is 13.4. The highest BCUT2D eigenvalue weighted by Gasteiger charge is 2.73. The van der Waals surface area contributed by atoms with E-state index < -0.39 is 0 Å². The maximum Gasteiger partial charge on any atom is 0.151 e. The van der Waals surface area contributed by atoms with Gasteiger partial charge in [-0.25, -0.2) is 0 Å². The monoisotopic (exact) mass is 324 g/mol. The zero-order chi connectivity index (χ0) is 17.3. The van der Waals surface area contributed by atoms with Crippen LogP contribution in [0.5, 0.6) is 5.75 Å². The average Bonchev–Trinajstić information content (AvgIpc) is 2.94. The van der Waals surface area contributed by atoms with Gasteiger partial charge in [-0.15, -0.1) is 0 Å². The minimum atomic E-state index is -0.290. The standard InChI is InChI=1S/C22H28O2/c1-14-13-15(7-8-17(14)24-5)18-16-9-12-22(19(16)23)20(2,3)10-6-11-21(18,22)4/h7-9,12-13,16,18H,6,10-11H2,1-5H3/t16-,18-,21?,22-/m1/s1. The summed E-state index contributed by atoms with van der Waals surface area (Å²) >= 11 is 0. The summed E-state index contributed by atoms with van der Waals surface area (Å²) < 4.78 is 5.43. The van der Waals surface area contributed by atoms with E-state index in [0.29, 0.717) is 11.7 Å². The second kappa shape index (κ2) is 4.74. The molecule has 2 saturated carbocycles. The first kappa shape index (κ1) is 15.9. The minimum Gasteiger partial charge on any atom is -0.496 e. The van der Waals surface area contributed by atoms with E-state index in [1.807, 2.05) is 0 Å². The van der Waals surface area contributed by atoms with Gasteiger partial charge in [-0.2, -0.15) is 0 Å². The van der Waals surface area contributed by atoms with Crippen LogP contribution in [0.4, 0.5) is 0 Å². The van der Waals surface area contributed by atoms with E-state index >= 15 is 0 Å². The lowest BCUT2D eigenvalue weighted by atomic mass is 9.45. The number of carbonyl (C=O) groups is 1. The number of methoxy groups -OCH3 is 1. The van der Waals surface area contributed by atoms with Gasteiger partial charge in [0, 0.05) is 11.8 Å². The Labute approximate surface area is 145 Å². The van der Waals surface area contributed by atoms with Crippen molar-refractivity contribution in [1.29, 1.82) is 0 Å². The van der Waals surface area contributed by atoms with Crippen LogP contribution in [-0.4, -0.2) is 12.9 Å². The second-order valence-electron chi connectivity index (χ2n) is 8.92. The van der Waals surface area contributed by atoms with E-state index in [-0.39, 0.29) is 22.2 Å². The lowest BCUT2D eigenvalue weighted by molar-refractivity contribution is -0.138. The van der Waals surface area contributed by atoms with Crippen molar-refractivity contribution in [3.05, 3.63) is 41.5 Å². The van der Waals surface area contributed by atoms with Crippen molar-refractivity contribution in [1.82, 2.24) is 0 Å². The third kappa shape index (κ3) is 1.60. The summed E-state index contributed by atoms with van der Waals surface area (Å²) in [5.41, 5.74) is 2.23. The molecule has 24 heavy (non-hydrogen) atoms. The number of hydrogen-bond donors (Lipinski definition) is 0. The van der Waals surface area contributed by atoms with Crippen LogP contribution in [0, 0.1) is 29.1 Å². The number of ether oxygens (including phenoxy) is 1. The van der Waals surface area contributed by atoms with Crippen LogP contribution in [0.15, 0.2) is 30.4 Å². The number of carbonyl (C=O) groups excluding carboxylic acids is 1. The highest BCUT2D eigenvalue weighted by molar-refractivity contribution is 5.99. The summed E-state index contributed by atoms with van der Waals surface area (Å²) in [5.74, 6) is 1.72. The predicted molar refractivity (Wildman–Crippen MR) is 96.3 cm³/mol. The van der Waals surface area contributed by atoms with Gasteiger partial charge in [-0.05, 0) is 47.8 Å². The number of hydrogen-bond acceptors (Lipinski definition) is 2. The molecule has 0 heterocycles. The number of allylic oxidation sites excluding steroid dienone is 2. The molecule has 3 aliphatic rings. The first-order chi connectivity index (χ1) is 11.3. The van der Waals surface area contributed by atoms with Crippen molar-refractivity contribution in [2.45, 2.75) is 52.9 Å². The number of aryl methyl sites for hydroxylation is 1. The van der Waals surface area contributed by atoms with Crippen molar-refractivity contribution < 1.29 is 9.53 Å². The van der Waals surface area contributed by atoms with Crippen LogP contribution in [-0.2, 0) is 4.79 Å². The van der Waals surface area contributed by atoms with Crippen LogP contribution in [0.1, 0.15) is 57.1 Å². The highest BCUT2D eigenvalue weighted by atomic mass is 16.5. The molecule has 0 saturated heterocycles. The molecule has 0 aliphatic heterocycles. The number of Topliss-reactive ketones (excluding diaryl/α,β-unsaturated/α-hetero) is 1. The molecule has 2 nitrogen and oxygen atoms in total. The molecule has 1 spiro atoms. The topological polar surface area (TPSA) is 26.3 Å². The molecule has 0 amide bonds. The second-order valence-corrected chi connectivity index (χ2v) is 8.92. The van der Waals surface area contributed by atoms with Crippen LogP contribution < -0.4 is 4.74 Å². The predicted octanol–water partition coefficient (Wildman–Crippen LogP) is 5.06. The SMILES string of the molecule is COc1ccc([C@@H]2[C@H]3C=C[C@@]4(C3=O)C(C)(C)CCCC24C)cc1C. The van der Waals surface area contributed by atoms with Gasteiger partial charge in [-0.3, -0.25) is 4.79 Å². The Morgan fingerprint density at radius 3 is 2.58 bits per heavy atom. The van der Waals surface area contributed by atoms with E-state index in [9.17, 15) is 4.79 Å². The first-order valence-electron chi connectivity index (χ1n) is 9.17. The fourth-order valence-electron chi connectivity index (χ4n) is 6.51. The summed E-state index contributed by atoms with van der Waals surface area (Å²) in [6.07, 6.45) is 7.98. The van der Waals surface area contributed by atoms with Crippen molar-refractivity contribution in [2.75, 3.05) is 7.11 Å². The Morgan fingerprint density at radius 1 is 1.17 bits per heavy atom. The Bertz CT molecular complexity index is 744. The number of benzene rings is 1. The smallest absolute Gasteiger partial charge is 0.151 e. The van der Waals surface area contributed by atoms with Gasteiger partial charge in [0.2, 0.25) is 0 Å². The Morgan fingerprint density at radius 2 is 1.92 bits per heavy atom. The summed E-state index contributed by atoms with van der Waals surface area (Å²) in [7, 11) is 1.71. The average molecular weight is 324 g/mol. The Hall–Kier alpha value is -1.57. The lowest BCUT2D eigenvalue weighted by Gasteiger charge is -2.57. The van der Waals surface area contributed by atoms with Gasteiger partial charge in [0.15, 0.2) is 5.78 Å². The van der Waals surface area contributed by atoms with Crippen LogP contribution in [0.25, 0.3) is 0 Å². The molecule has 1 aromatic carbocycles. The normalized spacial score (nSPS) is 39.1. The molecule has 4 atom stereocenters. The molecule has 0 radical (unpaired) electrons. The van der Waals surface area contributed by atoms with Gasteiger partial charge in [0.25, 0.3) is 0 Å². The fourth-order valence-corrected chi connectivity index (χ4v) is 6.51. The van der Waals surface area contributed by atoms with Crippen molar-refractivity contribution >= 4 is 5.78 Å². The van der Waals surface area contributed by atoms with Crippen molar-refractivity contribution in [3.8, 4) is 5.75 Å². The summed E-state index contributed by atoms with van der Waals surface area (Å²) in [4.78, 5) is 13.4. The van der Waals surface area contributed by atoms with Gasteiger partial charge < -0.3 is 4.74 Å². The summed E-state index contributed by atoms with van der Waals surface area (Å²) in [5, 5.41) is 0. The number of rotatable bonds is 2. The molecule has 2 bridgehead atoms. The van der Waals surface area contributed by atoms with Crippen LogP contribution >= 0.6 is 0 Å². The summed E-state index contributed by atoms with van der Waals surface area (Å²) in [6.45, 7) is 9.07. The van der Waals surface area contributed by atoms with Crippen molar-refractivity contribution in [2.24, 2.45) is 22.2 Å². The quantitative estimate of drug-likeness (QED) is 0.711. The van der Waals surface area contributed by atoms with Crippen molar-refractivity contribution in [3.63, 3.8) is 0 Å². The fraction of sp³-hybridized carbons (Fsp3) is 0.591. The Balaban J connectivity index is 1.89. The van der Waals surface area contributed by atoms with E-state index in [1.54, 1.807) is 7.11 Å². The third-order valence-electron chi connectivity index (χ3n) is 7.53. The molecular weight excluding hydrogens is 296 g/mol. The molecule has 2 fully saturated rings. The minimum absolute atomic E-state index is 0.0201. The zero-order valence-electron chi connectivity index (χ0n) is 15.5. The molecule has 1 unspecified atom stereocenters. The van der Waals surface area contributed by atoms with Crippen LogP contribution in [0.2, 0.25) is 0 Å². The third-order valence-corrected chi connectivity index (χ3v) is 7.53. The largest absolute Gasteiger partial charge is 0.496 e. The molecule has 3 aliphatic carbocycles. The number of fused-ring (bicyclic) bond motifs is 1. The maximum atomic E-state index is 13.4. The molecule has 0 N–H and O–H groups in total. The first-order valence-corrected chi connectivity index (χ1v) is 9.17. The molecule has 4 rings (SSSR count). The highest BCUT2D eigenvalue weighted by Crippen LogP contribution is 2.75. The molecule has 1 aromatic rings. The molecular formula is C22H28O2. The molecule has 0 aromatic heterocycles. The van der Waals surface area contributed by atoms with Gasteiger partial charge in [0.05, 0.1) is 12.5 Å².